The molecule has 0 spiro atoms. The molecule has 2 heteroatoms. The van der Waals surface area contributed by atoms with E-state index in [1.54, 1.807) is 0 Å². The average Bonchev–Trinajstić information content (AvgIpc) is 2.73. The first-order valence-corrected chi connectivity index (χ1v) is 5.91. The first-order chi connectivity index (χ1) is 7.28. The number of carbonyl (C=O) groups is 1. The van der Waals surface area contributed by atoms with Gasteiger partial charge in [-0.2, -0.15) is 0 Å². The molecule has 0 aliphatic heterocycles. The SMILES string of the molecule is CCc1ccc(C(=O)C2CC3CC3C2)o1. The second-order valence-electron chi connectivity index (χ2n) is 4.91. The summed E-state index contributed by atoms with van der Waals surface area (Å²) in [5.74, 6) is 3.71. The van der Waals surface area contributed by atoms with E-state index in [1.807, 2.05) is 19.1 Å². The summed E-state index contributed by atoms with van der Waals surface area (Å²) in [5, 5.41) is 0. The zero-order chi connectivity index (χ0) is 10.4. The van der Waals surface area contributed by atoms with Gasteiger partial charge in [0.2, 0.25) is 5.78 Å². The summed E-state index contributed by atoms with van der Waals surface area (Å²) in [6, 6.07) is 3.76. The number of furan rings is 1. The van der Waals surface area contributed by atoms with Crippen LogP contribution in [0.4, 0.5) is 0 Å². The summed E-state index contributed by atoms with van der Waals surface area (Å²) in [6.45, 7) is 2.04. The van der Waals surface area contributed by atoms with Gasteiger partial charge in [0.05, 0.1) is 0 Å². The van der Waals surface area contributed by atoms with Crippen molar-refractivity contribution < 1.29 is 9.21 Å². The molecule has 80 valence electrons. The Labute approximate surface area is 89.7 Å². The maximum Gasteiger partial charge on any atom is 0.201 e. The molecule has 2 saturated carbocycles. The Balaban J connectivity index is 1.73. The van der Waals surface area contributed by atoms with Crippen LogP contribution in [-0.4, -0.2) is 5.78 Å². The van der Waals surface area contributed by atoms with E-state index in [2.05, 4.69) is 0 Å². The van der Waals surface area contributed by atoms with Crippen LogP contribution in [-0.2, 0) is 6.42 Å². The molecule has 0 saturated heterocycles. The van der Waals surface area contributed by atoms with E-state index in [-0.39, 0.29) is 11.7 Å². The Morgan fingerprint density at radius 2 is 2.07 bits per heavy atom. The van der Waals surface area contributed by atoms with Crippen molar-refractivity contribution in [2.45, 2.75) is 32.6 Å². The van der Waals surface area contributed by atoms with Crippen LogP contribution in [0, 0.1) is 17.8 Å². The van der Waals surface area contributed by atoms with Crippen molar-refractivity contribution in [3.05, 3.63) is 23.7 Å². The zero-order valence-corrected chi connectivity index (χ0v) is 9.03. The topological polar surface area (TPSA) is 30.2 Å². The third-order valence-corrected chi connectivity index (χ3v) is 3.87. The van der Waals surface area contributed by atoms with Gasteiger partial charge in [0.25, 0.3) is 0 Å². The standard InChI is InChI=1S/C13H16O2/c1-2-11-3-4-12(15-11)13(14)10-6-8-5-9(8)7-10/h3-4,8-10H,2,5-7H2,1H3. The first-order valence-electron chi connectivity index (χ1n) is 5.91. The van der Waals surface area contributed by atoms with Crippen LogP contribution in [0.1, 0.15) is 42.5 Å². The molecule has 1 heterocycles. The average molecular weight is 204 g/mol. The van der Waals surface area contributed by atoms with Crippen LogP contribution in [0.25, 0.3) is 0 Å². The molecule has 0 aromatic carbocycles. The molecule has 1 aromatic heterocycles. The van der Waals surface area contributed by atoms with Gasteiger partial charge in [0, 0.05) is 12.3 Å². The van der Waals surface area contributed by atoms with Crippen LogP contribution >= 0.6 is 0 Å². The zero-order valence-electron chi connectivity index (χ0n) is 9.03. The normalized spacial score (nSPS) is 32.7. The molecule has 0 radical (unpaired) electrons. The molecule has 2 atom stereocenters. The molecule has 3 rings (SSSR count). The Morgan fingerprint density at radius 1 is 1.33 bits per heavy atom. The fourth-order valence-electron chi connectivity index (χ4n) is 2.83. The molecular weight excluding hydrogens is 188 g/mol. The number of rotatable bonds is 3. The van der Waals surface area contributed by atoms with Gasteiger partial charge < -0.3 is 4.42 Å². The maximum absolute atomic E-state index is 12.0. The smallest absolute Gasteiger partial charge is 0.201 e. The number of carbonyl (C=O) groups excluding carboxylic acids is 1. The molecule has 2 aliphatic rings. The predicted molar refractivity (Wildman–Crippen MR) is 56.7 cm³/mol. The predicted octanol–water partition coefficient (Wildman–Crippen LogP) is 3.07. The molecule has 2 aliphatic carbocycles. The maximum atomic E-state index is 12.0. The highest BCUT2D eigenvalue weighted by molar-refractivity contribution is 5.95. The lowest BCUT2D eigenvalue weighted by Gasteiger charge is -2.07. The summed E-state index contributed by atoms with van der Waals surface area (Å²) in [6.07, 6.45) is 4.43. The van der Waals surface area contributed by atoms with Crippen LogP contribution < -0.4 is 0 Å². The molecule has 0 amide bonds. The molecule has 0 bridgehead atoms. The molecule has 0 N–H and O–H groups in total. The largest absolute Gasteiger partial charge is 0.458 e. The highest BCUT2D eigenvalue weighted by atomic mass is 16.3. The lowest BCUT2D eigenvalue weighted by molar-refractivity contribution is 0.0884. The van der Waals surface area contributed by atoms with Gasteiger partial charge in [-0.25, -0.2) is 0 Å². The highest BCUT2D eigenvalue weighted by Gasteiger charge is 2.48. The quantitative estimate of drug-likeness (QED) is 0.708. The van der Waals surface area contributed by atoms with Crippen molar-refractivity contribution in [3.8, 4) is 0 Å². The third-order valence-electron chi connectivity index (χ3n) is 3.87. The van der Waals surface area contributed by atoms with Gasteiger partial charge in [-0.3, -0.25) is 4.79 Å². The summed E-state index contributed by atoms with van der Waals surface area (Å²) >= 11 is 0. The number of aryl methyl sites for hydroxylation is 1. The number of hydrogen-bond acceptors (Lipinski definition) is 2. The molecule has 2 fully saturated rings. The Morgan fingerprint density at radius 3 is 2.67 bits per heavy atom. The number of ketones is 1. The summed E-state index contributed by atoms with van der Waals surface area (Å²) in [5.41, 5.74) is 0. The van der Waals surface area contributed by atoms with Gasteiger partial charge >= 0.3 is 0 Å². The number of hydrogen-bond donors (Lipinski definition) is 0. The number of fused-ring (bicyclic) bond motifs is 1. The van der Waals surface area contributed by atoms with E-state index in [0.717, 1.165) is 36.9 Å². The molecular formula is C13H16O2. The minimum absolute atomic E-state index is 0.238. The lowest BCUT2D eigenvalue weighted by Crippen LogP contribution is -2.12. The first kappa shape index (κ1) is 9.20. The van der Waals surface area contributed by atoms with Crippen molar-refractivity contribution >= 4 is 5.78 Å². The minimum Gasteiger partial charge on any atom is -0.458 e. The van der Waals surface area contributed by atoms with E-state index < -0.39 is 0 Å². The van der Waals surface area contributed by atoms with Gasteiger partial charge in [-0.15, -0.1) is 0 Å². The van der Waals surface area contributed by atoms with Crippen LogP contribution in [0.2, 0.25) is 0 Å². The monoisotopic (exact) mass is 204 g/mol. The van der Waals surface area contributed by atoms with E-state index in [0.29, 0.717) is 5.76 Å². The van der Waals surface area contributed by atoms with Crippen LogP contribution in [0.3, 0.4) is 0 Å². The summed E-state index contributed by atoms with van der Waals surface area (Å²) < 4.78 is 5.51. The third kappa shape index (κ3) is 1.52. The Hall–Kier alpha value is -1.05. The van der Waals surface area contributed by atoms with Crippen LogP contribution in [0.15, 0.2) is 16.5 Å². The van der Waals surface area contributed by atoms with Gasteiger partial charge in [0.15, 0.2) is 5.76 Å². The van der Waals surface area contributed by atoms with Crippen molar-refractivity contribution in [1.82, 2.24) is 0 Å². The van der Waals surface area contributed by atoms with E-state index >= 15 is 0 Å². The van der Waals surface area contributed by atoms with Crippen molar-refractivity contribution in [2.75, 3.05) is 0 Å². The second-order valence-corrected chi connectivity index (χ2v) is 4.91. The Bertz CT molecular complexity index is 381. The van der Waals surface area contributed by atoms with Gasteiger partial charge in [-0.05, 0) is 43.2 Å². The molecule has 2 nitrogen and oxygen atoms in total. The van der Waals surface area contributed by atoms with Crippen molar-refractivity contribution in [1.29, 1.82) is 0 Å². The van der Waals surface area contributed by atoms with Gasteiger partial charge in [0.1, 0.15) is 5.76 Å². The highest BCUT2D eigenvalue weighted by Crippen LogP contribution is 2.54. The molecule has 15 heavy (non-hydrogen) atoms. The molecule has 1 aromatic rings. The Kier molecular flexibility index (Phi) is 1.98. The fourth-order valence-corrected chi connectivity index (χ4v) is 2.83. The summed E-state index contributed by atoms with van der Waals surface area (Å²) in [4.78, 5) is 12.0. The van der Waals surface area contributed by atoms with Crippen molar-refractivity contribution in [2.24, 2.45) is 17.8 Å². The van der Waals surface area contributed by atoms with E-state index in [9.17, 15) is 4.79 Å². The minimum atomic E-state index is 0.238. The van der Waals surface area contributed by atoms with Crippen LogP contribution in [0.5, 0.6) is 0 Å². The number of Topliss-reactive ketones (excluding diaryl/α,β-unsaturated/α-hetero) is 1. The lowest BCUT2D eigenvalue weighted by atomic mass is 9.97. The fraction of sp³-hybridized carbons (Fsp3) is 0.615. The van der Waals surface area contributed by atoms with Gasteiger partial charge in [-0.1, -0.05) is 6.92 Å². The van der Waals surface area contributed by atoms with Crippen molar-refractivity contribution in [3.63, 3.8) is 0 Å². The second kappa shape index (κ2) is 3.22. The summed E-state index contributed by atoms with van der Waals surface area (Å²) in [7, 11) is 0. The van der Waals surface area contributed by atoms with E-state index in [4.69, 9.17) is 4.42 Å². The molecule has 2 unspecified atom stereocenters. The van der Waals surface area contributed by atoms with E-state index in [1.165, 1.54) is 6.42 Å².